The van der Waals surface area contributed by atoms with Gasteiger partial charge in [0.1, 0.15) is 0 Å². The molecule has 1 heterocycles. The third kappa shape index (κ3) is 3.01. The van der Waals surface area contributed by atoms with Crippen molar-refractivity contribution in [3.8, 4) is 11.3 Å². The summed E-state index contributed by atoms with van der Waals surface area (Å²) in [7, 11) is 0. The van der Waals surface area contributed by atoms with Crippen LogP contribution < -0.4 is 0 Å². The van der Waals surface area contributed by atoms with Crippen LogP contribution in [0.1, 0.15) is 48.9 Å². The van der Waals surface area contributed by atoms with Gasteiger partial charge in [0.2, 0.25) is 0 Å². The lowest BCUT2D eigenvalue weighted by atomic mass is 9.92. The summed E-state index contributed by atoms with van der Waals surface area (Å²) in [6, 6.07) is 13.5. The van der Waals surface area contributed by atoms with Crippen LogP contribution >= 0.6 is 0 Å². The van der Waals surface area contributed by atoms with Crippen LogP contribution in [0.3, 0.4) is 0 Å². The lowest BCUT2D eigenvalue weighted by Gasteiger charge is -2.14. The van der Waals surface area contributed by atoms with E-state index in [0.29, 0.717) is 5.92 Å². The van der Waals surface area contributed by atoms with Crippen molar-refractivity contribution in [3.05, 3.63) is 64.8 Å². The number of hydrogen-bond donors (Lipinski definition) is 0. The number of nitrogens with zero attached hydrogens (tertiary/aromatic N) is 1. The van der Waals surface area contributed by atoms with Crippen LogP contribution in [0.2, 0.25) is 0 Å². The van der Waals surface area contributed by atoms with Gasteiger partial charge < -0.3 is 0 Å². The second-order valence-corrected chi connectivity index (χ2v) is 6.82. The maximum atomic E-state index is 4.74. The van der Waals surface area contributed by atoms with Gasteiger partial charge in [-0.3, -0.25) is 4.98 Å². The van der Waals surface area contributed by atoms with Gasteiger partial charge in [0.15, 0.2) is 0 Å². The molecule has 1 heteroatoms. The topological polar surface area (TPSA) is 12.9 Å². The Morgan fingerprint density at radius 1 is 0.913 bits per heavy atom. The van der Waals surface area contributed by atoms with Gasteiger partial charge in [-0.05, 0) is 67.0 Å². The minimum atomic E-state index is 0.525. The van der Waals surface area contributed by atoms with Gasteiger partial charge in [0.25, 0.3) is 0 Å². The number of aromatic nitrogens is 1. The summed E-state index contributed by atoms with van der Waals surface area (Å²) in [5, 5.41) is 2.61. The highest BCUT2D eigenvalue weighted by Gasteiger charge is 2.12. The summed E-state index contributed by atoms with van der Waals surface area (Å²) in [5.74, 6) is 0.525. The Labute approximate surface area is 139 Å². The largest absolute Gasteiger partial charge is 0.256 e. The van der Waals surface area contributed by atoms with Crippen molar-refractivity contribution in [1.82, 2.24) is 4.98 Å². The highest BCUT2D eigenvalue weighted by Crippen LogP contribution is 2.32. The standard InChI is InChI=1S/C22H25N/c1-6-17-12-18(14(2)3)13-21-20(17)7-8-23-22(21)19-10-15(4)9-16(5)11-19/h7-14H,6H2,1-5H3. The summed E-state index contributed by atoms with van der Waals surface area (Å²) in [6.07, 6.45) is 3.00. The second-order valence-electron chi connectivity index (χ2n) is 6.82. The van der Waals surface area contributed by atoms with Gasteiger partial charge in [0, 0.05) is 17.1 Å². The predicted molar refractivity (Wildman–Crippen MR) is 100 cm³/mol. The van der Waals surface area contributed by atoms with Crippen molar-refractivity contribution >= 4 is 10.8 Å². The van der Waals surface area contributed by atoms with Gasteiger partial charge >= 0.3 is 0 Å². The van der Waals surface area contributed by atoms with Crippen molar-refractivity contribution in [2.24, 2.45) is 0 Å². The van der Waals surface area contributed by atoms with E-state index in [0.717, 1.165) is 12.1 Å². The van der Waals surface area contributed by atoms with E-state index in [4.69, 9.17) is 4.98 Å². The minimum absolute atomic E-state index is 0.525. The Balaban J connectivity index is 2.34. The summed E-state index contributed by atoms with van der Waals surface area (Å²) in [6.45, 7) is 11.0. The van der Waals surface area contributed by atoms with E-state index in [1.165, 1.54) is 38.6 Å². The number of aryl methyl sites for hydroxylation is 3. The maximum absolute atomic E-state index is 4.74. The van der Waals surface area contributed by atoms with Crippen molar-refractivity contribution in [2.75, 3.05) is 0 Å². The summed E-state index contributed by atoms with van der Waals surface area (Å²) >= 11 is 0. The average molecular weight is 303 g/mol. The van der Waals surface area contributed by atoms with Crippen LogP contribution in [0.15, 0.2) is 42.6 Å². The molecule has 118 valence electrons. The molecule has 0 bridgehead atoms. The molecule has 0 unspecified atom stereocenters. The molecule has 0 radical (unpaired) electrons. The van der Waals surface area contributed by atoms with Crippen LogP contribution in [0.4, 0.5) is 0 Å². The van der Waals surface area contributed by atoms with Crippen LogP contribution in [-0.2, 0) is 6.42 Å². The molecule has 3 rings (SSSR count). The first-order valence-corrected chi connectivity index (χ1v) is 8.49. The fourth-order valence-electron chi connectivity index (χ4n) is 3.35. The molecular formula is C22H25N. The Morgan fingerprint density at radius 3 is 2.22 bits per heavy atom. The zero-order chi connectivity index (χ0) is 16.6. The molecule has 0 spiro atoms. The normalized spacial score (nSPS) is 11.4. The third-order valence-electron chi connectivity index (χ3n) is 4.53. The van der Waals surface area contributed by atoms with Crippen LogP contribution in [-0.4, -0.2) is 4.98 Å². The molecule has 3 aromatic rings. The molecule has 0 N–H and O–H groups in total. The Kier molecular flexibility index (Phi) is 4.21. The van der Waals surface area contributed by atoms with E-state index in [1.54, 1.807) is 0 Å². The molecule has 0 saturated carbocycles. The SMILES string of the molecule is CCc1cc(C(C)C)cc2c(-c3cc(C)cc(C)c3)nccc12. The van der Waals surface area contributed by atoms with Crippen molar-refractivity contribution in [2.45, 2.75) is 47.0 Å². The quantitative estimate of drug-likeness (QED) is 0.561. The first-order chi connectivity index (χ1) is 11.0. The zero-order valence-corrected chi connectivity index (χ0v) is 14.8. The van der Waals surface area contributed by atoms with E-state index >= 15 is 0 Å². The van der Waals surface area contributed by atoms with Crippen LogP contribution in [0.5, 0.6) is 0 Å². The van der Waals surface area contributed by atoms with Gasteiger partial charge in [-0.15, -0.1) is 0 Å². The lowest BCUT2D eigenvalue weighted by molar-refractivity contribution is 0.865. The number of fused-ring (bicyclic) bond motifs is 1. The molecule has 0 aliphatic carbocycles. The molecule has 23 heavy (non-hydrogen) atoms. The second kappa shape index (κ2) is 6.16. The molecule has 0 aliphatic heterocycles. The minimum Gasteiger partial charge on any atom is -0.256 e. The summed E-state index contributed by atoms with van der Waals surface area (Å²) < 4.78 is 0. The Morgan fingerprint density at radius 2 is 1.61 bits per heavy atom. The molecule has 2 aromatic carbocycles. The molecule has 0 saturated heterocycles. The maximum Gasteiger partial charge on any atom is 0.0780 e. The van der Waals surface area contributed by atoms with Crippen molar-refractivity contribution in [1.29, 1.82) is 0 Å². The number of benzene rings is 2. The molecule has 0 amide bonds. The van der Waals surface area contributed by atoms with E-state index in [2.05, 4.69) is 71.0 Å². The van der Waals surface area contributed by atoms with E-state index in [9.17, 15) is 0 Å². The van der Waals surface area contributed by atoms with E-state index in [1.807, 2.05) is 6.20 Å². The number of hydrogen-bond acceptors (Lipinski definition) is 1. The highest BCUT2D eigenvalue weighted by molar-refractivity contribution is 5.97. The number of rotatable bonds is 3. The van der Waals surface area contributed by atoms with Gasteiger partial charge in [-0.2, -0.15) is 0 Å². The van der Waals surface area contributed by atoms with E-state index < -0.39 is 0 Å². The van der Waals surface area contributed by atoms with Crippen molar-refractivity contribution in [3.63, 3.8) is 0 Å². The van der Waals surface area contributed by atoms with Crippen LogP contribution in [0, 0.1) is 13.8 Å². The third-order valence-corrected chi connectivity index (χ3v) is 4.53. The van der Waals surface area contributed by atoms with Crippen LogP contribution in [0.25, 0.3) is 22.0 Å². The molecule has 0 fully saturated rings. The molecule has 1 nitrogen and oxygen atoms in total. The van der Waals surface area contributed by atoms with Crippen molar-refractivity contribution < 1.29 is 0 Å². The fourth-order valence-corrected chi connectivity index (χ4v) is 3.35. The molecule has 0 aliphatic rings. The molecular weight excluding hydrogens is 278 g/mol. The molecule has 1 aromatic heterocycles. The van der Waals surface area contributed by atoms with Gasteiger partial charge in [-0.1, -0.05) is 44.0 Å². The predicted octanol–water partition coefficient (Wildman–Crippen LogP) is 6.20. The number of pyridine rings is 1. The monoisotopic (exact) mass is 303 g/mol. The smallest absolute Gasteiger partial charge is 0.0780 e. The van der Waals surface area contributed by atoms with Gasteiger partial charge in [-0.25, -0.2) is 0 Å². The molecule has 0 atom stereocenters. The zero-order valence-electron chi connectivity index (χ0n) is 14.8. The summed E-state index contributed by atoms with van der Waals surface area (Å²) in [4.78, 5) is 4.74. The Hall–Kier alpha value is -2.15. The average Bonchev–Trinajstić information content (AvgIpc) is 2.52. The first kappa shape index (κ1) is 15.7. The van der Waals surface area contributed by atoms with E-state index in [-0.39, 0.29) is 0 Å². The Bertz CT molecular complexity index is 839. The highest BCUT2D eigenvalue weighted by atomic mass is 14.7. The van der Waals surface area contributed by atoms with Gasteiger partial charge in [0.05, 0.1) is 5.69 Å². The lowest BCUT2D eigenvalue weighted by Crippen LogP contribution is -1.95. The fraction of sp³-hybridized carbons (Fsp3) is 0.318. The summed E-state index contributed by atoms with van der Waals surface area (Å²) in [5.41, 5.74) is 7.71. The first-order valence-electron chi connectivity index (χ1n) is 8.49.